The first kappa shape index (κ1) is 17.6. The van der Waals surface area contributed by atoms with Crippen molar-refractivity contribution >= 4 is 15.7 Å². The van der Waals surface area contributed by atoms with Gasteiger partial charge < -0.3 is 10.5 Å². The van der Waals surface area contributed by atoms with Crippen molar-refractivity contribution in [2.24, 2.45) is 17.6 Å². The standard InChI is InChI=1S/C14H21N3O5S/c1-10-5-6-16(9-11(10)8-15)23(20,21)12-3-4-14(22-2)13(7-12)17(18)19/h3-4,7,10-11H,5-6,8-9,15H2,1-2H3. The van der Waals surface area contributed by atoms with Gasteiger partial charge in [0, 0.05) is 19.2 Å². The van der Waals surface area contributed by atoms with E-state index >= 15 is 0 Å². The molecule has 1 aliphatic heterocycles. The van der Waals surface area contributed by atoms with Crippen molar-refractivity contribution in [2.45, 2.75) is 18.2 Å². The first-order valence-electron chi connectivity index (χ1n) is 7.34. The van der Waals surface area contributed by atoms with Gasteiger partial charge in [-0.05, 0) is 36.9 Å². The zero-order chi connectivity index (χ0) is 17.2. The molecule has 1 fully saturated rings. The maximum Gasteiger partial charge on any atom is 0.312 e. The molecule has 9 heteroatoms. The van der Waals surface area contributed by atoms with Gasteiger partial charge in [-0.1, -0.05) is 6.92 Å². The summed E-state index contributed by atoms with van der Waals surface area (Å²) in [6, 6.07) is 3.68. The fraction of sp³-hybridized carbons (Fsp3) is 0.571. The van der Waals surface area contributed by atoms with Gasteiger partial charge in [0.1, 0.15) is 0 Å². The molecule has 1 aromatic carbocycles. The number of hydrogen-bond acceptors (Lipinski definition) is 6. The summed E-state index contributed by atoms with van der Waals surface area (Å²) in [5, 5.41) is 11.1. The predicted octanol–water partition coefficient (Wildman–Crippen LogP) is 1.21. The monoisotopic (exact) mass is 343 g/mol. The van der Waals surface area contributed by atoms with Crippen LogP contribution >= 0.6 is 0 Å². The van der Waals surface area contributed by atoms with Gasteiger partial charge in [0.15, 0.2) is 5.75 Å². The van der Waals surface area contributed by atoms with E-state index in [1.165, 1.54) is 23.5 Å². The Kier molecular flexibility index (Phi) is 5.23. The second-order valence-electron chi connectivity index (χ2n) is 5.72. The van der Waals surface area contributed by atoms with Crippen LogP contribution in [-0.2, 0) is 10.0 Å². The van der Waals surface area contributed by atoms with Gasteiger partial charge in [-0.2, -0.15) is 4.31 Å². The number of methoxy groups -OCH3 is 1. The van der Waals surface area contributed by atoms with Gasteiger partial charge in [0.2, 0.25) is 10.0 Å². The van der Waals surface area contributed by atoms with Crippen molar-refractivity contribution in [3.8, 4) is 5.75 Å². The molecule has 23 heavy (non-hydrogen) atoms. The van der Waals surface area contributed by atoms with Crippen LogP contribution in [0.3, 0.4) is 0 Å². The summed E-state index contributed by atoms with van der Waals surface area (Å²) in [5.41, 5.74) is 5.35. The first-order chi connectivity index (χ1) is 10.8. The Balaban J connectivity index is 2.36. The van der Waals surface area contributed by atoms with Gasteiger partial charge in [0.05, 0.1) is 16.9 Å². The highest BCUT2D eigenvalue weighted by Crippen LogP contribution is 2.32. The Labute approximate surface area is 135 Å². The zero-order valence-electron chi connectivity index (χ0n) is 13.1. The van der Waals surface area contributed by atoms with E-state index in [9.17, 15) is 18.5 Å². The lowest BCUT2D eigenvalue weighted by molar-refractivity contribution is -0.386. The number of hydrogen-bond donors (Lipinski definition) is 1. The van der Waals surface area contributed by atoms with Crippen LogP contribution in [0.4, 0.5) is 5.69 Å². The molecule has 2 unspecified atom stereocenters. The van der Waals surface area contributed by atoms with E-state index in [1.54, 1.807) is 0 Å². The third-order valence-corrected chi connectivity index (χ3v) is 6.23. The highest BCUT2D eigenvalue weighted by Gasteiger charge is 2.34. The molecule has 0 bridgehead atoms. The molecular weight excluding hydrogens is 322 g/mol. The number of piperidine rings is 1. The predicted molar refractivity (Wildman–Crippen MR) is 84.7 cm³/mol. The van der Waals surface area contributed by atoms with Crippen molar-refractivity contribution in [2.75, 3.05) is 26.7 Å². The lowest BCUT2D eigenvalue weighted by Crippen LogP contribution is -2.45. The smallest absolute Gasteiger partial charge is 0.312 e. The normalized spacial score (nSPS) is 22.7. The molecule has 0 aromatic heterocycles. The Morgan fingerprint density at radius 3 is 2.74 bits per heavy atom. The minimum Gasteiger partial charge on any atom is -0.490 e. The molecule has 1 heterocycles. The Hall–Kier alpha value is -1.71. The SMILES string of the molecule is COc1ccc(S(=O)(=O)N2CCC(C)C(CN)C2)cc1[N+](=O)[O-]. The van der Waals surface area contributed by atoms with Crippen molar-refractivity contribution in [1.29, 1.82) is 0 Å². The highest BCUT2D eigenvalue weighted by molar-refractivity contribution is 7.89. The number of nitro benzene ring substituents is 1. The fourth-order valence-corrected chi connectivity index (χ4v) is 4.30. The number of nitrogens with zero attached hydrogens (tertiary/aromatic N) is 2. The maximum absolute atomic E-state index is 12.8. The molecule has 1 aliphatic rings. The van der Waals surface area contributed by atoms with E-state index in [2.05, 4.69) is 6.92 Å². The number of nitrogens with two attached hydrogens (primary N) is 1. The Morgan fingerprint density at radius 2 is 2.17 bits per heavy atom. The van der Waals surface area contributed by atoms with Gasteiger partial charge in [-0.3, -0.25) is 10.1 Å². The van der Waals surface area contributed by atoms with Gasteiger partial charge in [-0.15, -0.1) is 0 Å². The number of nitro groups is 1. The van der Waals surface area contributed by atoms with Gasteiger partial charge in [-0.25, -0.2) is 8.42 Å². The third kappa shape index (κ3) is 3.46. The molecule has 0 spiro atoms. The van der Waals surface area contributed by atoms with E-state index in [0.29, 0.717) is 25.6 Å². The van der Waals surface area contributed by atoms with Crippen LogP contribution in [0.25, 0.3) is 0 Å². The van der Waals surface area contributed by atoms with Crippen LogP contribution in [0.5, 0.6) is 5.75 Å². The highest BCUT2D eigenvalue weighted by atomic mass is 32.2. The largest absolute Gasteiger partial charge is 0.490 e. The van der Waals surface area contributed by atoms with Crippen LogP contribution in [0.1, 0.15) is 13.3 Å². The molecule has 2 rings (SSSR count). The summed E-state index contributed by atoms with van der Waals surface area (Å²) >= 11 is 0. The summed E-state index contributed by atoms with van der Waals surface area (Å²) < 4.78 is 31.8. The van der Waals surface area contributed by atoms with Crippen molar-refractivity contribution < 1.29 is 18.1 Å². The summed E-state index contributed by atoms with van der Waals surface area (Å²) in [6.45, 7) is 3.19. The van der Waals surface area contributed by atoms with Crippen molar-refractivity contribution in [3.05, 3.63) is 28.3 Å². The van der Waals surface area contributed by atoms with E-state index in [0.717, 1.165) is 12.5 Å². The summed E-state index contributed by atoms with van der Waals surface area (Å²) in [6.07, 6.45) is 0.722. The Morgan fingerprint density at radius 1 is 1.48 bits per heavy atom. The van der Waals surface area contributed by atoms with Crippen molar-refractivity contribution in [1.82, 2.24) is 4.31 Å². The molecule has 0 aliphatic carbocycles. The lowest BCUT2D eigenvalue weighted by atomic mass is 9.88. The third-order valence-electron chi connectivity index (χ3n) is 4.36. The summed E-state index contributed by atoms with van der Waals surface area (Å²) in [7, 11) is -2.49. The van der Waals surface area contributed by atoms with Crippen LogP contribution in [-0.4, -0.2) is 44.4 Å². The summed E-state index contributed by atoms with van der Waals surface area (Å²) in [4.78, 5) is 10.3. The molecule has 1 aromatic rings. The lowest BCUT2D eigenvalue weighted by Gasteiger charge is -2.35. The molecule has 2 N–H and O–H groups in total. The molecule has 1 saturated heterocycles. The van der Waals surface area contributed by atoms with Crippen molar-refractivity contribution in [3.63, 3.8) is 0 Å². The zero-order valence-corrected chi connectivity index (χ0v) is 14.0. The fourth-order valence-electron chi connectivity index (χ4n) is 2.76. The van der Waals surface area contributed by atoms with Crippen LogP contribution < -0.4 is 10.5 Å². The second kappa shape index (κ2) is 6.81. The molecule has 0 radical (unpaired) electrons. The van der Waals surface area contributed by atoms with Crippen LogP contribution in [0, 0.1) is 22.0 Å². The first-order valence-corrected chi connectivity index (χ1v) is 8.78. The number of ether oxygens (including phenoxy) is 1. The van der Waals surface area contributed by atoms with Crippen LogP contribution in [0.2, 0.25) is 0 Å². The molecule has 0 saturated carbocycles. The van der Waals surface area contributed by atoms with E-state index < -0.39 is 14.9 Å². The number of benzene rings is 1. The molecule has 128 valence electrons. The quantitative estimate of drug-likeness (QED) is 0.634. The van der Waals surface area contributed by atoms with Gasteiger partial charge >= 0.3 is 5.69 Å². The molecule has 2 atom stereocenters. The average Bonchev–Trinajstić information content (AvgIpc) is 2.54. The Bertz CT molecular complexity index is 692. The minimum absolute atomic E-state index is 0.0288. The maximum atomic E-state index is 12.8. The topological polar surface area (TPSA) is 116 Å². The second-order valence-corrected chi connectivity index (χ2v) is 7.65. The molecule has 0 amide bonds. The van der Waals surface area contributed by atoms with Crippen LogP contribution in [0.15, 0.2) is 23.1 Å². The summed E-state index contributed by atoms with van der Waals surface area (Å²) in [5.74, 6) is 0.476. The van der Waals surface area contributed by atoms with E-state index in [1.807, 2.05) is 0 Å². The number of rotatable bonds is 5. The molecular formula is C14H21N3O5S. The van der Waals surface area contributed by atoms with Gasteiger partial charge in [0.25, 0.3) is 0 Å². The number of sulfonamides is 1. The molecule has 8 nitrogen and oxygen atoms in total. The minimum atomic E-state index is -3.79. The van der Waals surface area contributed by atoms with E-state index in [-0.39, 0.29) is 22.3 Å². The van der Waals surface area contributed by atoms with E-state index in [4.69, 9.17) is 10.5 Å². The average molecular weight is 343 g/mol.